The Morgan fingerprint density at radius 3 is 2.05 bits per heavy atom. The van der Waals surface area contributed by atoms with Crippen LogP contribution in [0.3, 0.4) is 0 Å². The largest absolute Gasteiger partial charge is 0.497 e. The zero-order chi connectivity index (χ0) is 15.7. The number of ether oxygens (including phenoxy) is 3. The predicted octanol–water partition coefficient (Wildman–Crippen LogP) is 3.83. The van der Waals surface area contributed by atoms with E-state index in [4.69, 9.17) is 14.2 Å². The molecule has 0 saturated carbocycles. The molecule has 0 aliphatic heterocycles. The minimum Gasteiger partial charge on any atom is -0.497 e. The highest BCUT2D eigenvalue weighted by Gasteiger charge is 2.12. The number of rotatable bonds is 4. The van der Waals surface area contributed by atoms with Crippen molar-refractivity contribution in [3.05, 3.63) is 42.0 Å². The van der Waals surface area contributed by atoms with Crippen molar-refractivity contribution < 1.29 is 19.0 Å². The first kappa shape index (κ1) is 14.2. The number of hydrogen-bond acceptors (Lipinski definition) is 4. The maximum atomic E-state index is 11.5. The fourth-order valence-corrected chi connectivity index (χ4v) is 2.72. The Kier molecular flexibility index (Phi) is 3.59. The molecule has 0 aliphatic carbocycles. The van der Waals surface area contributed by atoms with Crippen LogP contribution in [0.4, 0.5) is 0 Å². The van der Waals surface area contributed by atoms with Crippen LogP contribution in [0, 0.1) is 0 Å². The smallest absolute Gasteiger partial charge is 0.161 e. The Hall–Kier alpha value is -2.75. The maximum absolute atomic E-state index is 11.5. The molecule has 3 aromatic carbocycles. The molecule has 0 amide bonds. The minimum absolute atomic E-state index is 0.603. The summed E-state index contributed by atoms with van der Waals surface area (Å²) in [6, 6.07) is 11.4. The van der Waals surface area contributed by atoms with Gasteiger partial charge in [0.25, 0.3) is 0 Å². The Morgan fingerprint density at radius 1 is 0.773 bits per heavy atom. The Morgan fingerprint density at radius 2 is 1.45 bits per heavy atom. The van der Waals surface area contributed by atoms with Gasteiger partial charge in [-0.05, 0) is 51.9 Å². The van der Waals surface area contributed by atoms with Gasteiger partial charge in [0.2, 0.25) is 0 Å². The third kappa shape index (κ3) is 2.13. The highest BCUT2D eigenvalue weighted by molar-refractivity contribution is 6.14. The normalized spacial score (nSPS) is 10.7. The molecule has 112 valence electrons. The maximum Gasteiger partial charge on any atom is 0.161 e. The molecule has 3 rings (SSSR count). The lowest BCUT2D eigenvalue weighted by molar-refractivity contribution is 0.112. The molecule has 22 heavy (non-hydrogen) atoms. The summed E-state index contributed by atoms with van der Waals surface area (Å²) in [5.74, 6) is 1.99. The summed E-state index contributed by atoms with van der Waals surface area (Å²) in [6.45, 7) is 0. The lowest BCUT2D eigenvalue weighted by Gasteiger charge is -2.13. The number of carbonyl (C=O) groups is 1. The first-order valence-electron chi connectivity index (χ1n) is 6.83. The first-order valence-corrected chi connectivity index (χ1v) is 6.83. The van der Waals surface area contributed by atoms with Crippen LogP contribution in [0.15, 0.2) is 36.4 Å². The summed E-state index contributed by atoms with van der Waals surface area (Å²) in [5.41, 5.74) is 0.608. The third-order valence-electron chi connectivity index (χ3n) is 3.82. The second-order valence-corrected chi connectivity index (χ2v) is 4.92. The lowest BCUT2D eigenvalue weighted by atomic mass is 9.97. The molecular weight excluding hydrogens is 280 g/mol. The number of hydrogen-bond donors (Lipinski definition) is 0. The Bertz CT molecular complexity index is 868. The number of aldehydes is 1. The second kappa shape index (κ2) is 5.56. The van der Waals surface area contributed by atoms with Crippen LogP contribution >= 0.6 is 0 Å². The van der Waals surface area contributed by atoms with E-state index >= 15 is 0 Å². The fraction of sp³-hybridized carbons (Fsp3) is 0.167. The van der Waals surface area contributed by atoms with Gasteiger partial charge >= 0.3 is 0 Å². The number of benzene rings is 3. The zero-order valence-electron chi connectivity index (χ0n) is 12.7. The van der Waals surface area contributed by atoms with E-state index < -0.39 is 0 Å². The summed E-state index contributed by atoms with van der Waals surface area (Å²) in [4.78, 5) is 11.5. The summed E-state index contributed by atoms with van der Waals surface area (Å²) < 4.78 is 16.0. The molecule has 0 radical (unpaired) electrons. The number of carbonyl (C=O) groups excluding carboxylic acids is 1. The third-order valence-corrected chi connectivity index (χ3v) is 3.82. The molecule has 0 aliphatic rings. The molecule has 0 heterocycles. The molecular formula is C18H16O4. The van der Waals surface area contributed by atoms with E-state index in [9.17, 15) is 4.79 Å². The molecule has 0 bridgehead atoms. The van der Waals surface area contributed by atoms with E-state index in [1.807, 2.05) is 36.4 Å². The first-order chi connectivity index (χ1) is 10.7. The molecule has 0 atom stereocenters. The number of fused-ring (bicyclic) bond motifs is 3. The van der Waals surface area contributed by atoms with Crippen LogP contribution in [0.2, 0.25) is 0 Å². The van der Waals surface area contributed by atoms with Gasteiger partial charge < -0.3 is 14.2 Å². The molecule has 3 aromatic rings. The molecule has 0 fully saturated rings. The van der Waals surface area contributed by atoms with Crippen molar-refractivity contribution in [2.45, 2.75) is 0 Å². The summed E-state index contributed by atoms with van der Waals surface area (Å²) in [6.07, 6.45) is 0.854. The fourth-order valence-electron chi connectivity index (χ4n) is 2.72. The second-order valence-electron chi connectivity index (χ2n) is 4.92. The molecule has 0 spiro atoms. The van der Waals surface area contributed by atoms with Gasteiger partial charge in [0.1, 0.15) is 5.75 Å². The molecule has 4 heteroatoms. The van der Waals surface area contributed by atoms with Crippen molar-refractivity contribution in [2.75, 3.05) is 21.3 Å². The molecule has 0 N–H and O–H groups in total. The van der Waals surface area contributed by atoms with Crippen molar-refractivity contribution in [1.82, 2.24) is 0 Å². The Balaban J connectivity index is 2.46. The SMILES string of the molecule is COc1ccc2c(c1)cc(C=O)c1cc(OC)c(OC)cc12. The monoisotopic (exact) mass is 296 g/mol. The van der Waals surface area contributed by atoms with Crippen molar-refractivity contribution >= 4 is 27.8 Å². The summed E-state index contributed by atoms with van der Waals surface area (Å²) >= 11 is 0. The highest BCUT2D eigenvalue weighted by atomic mass is 16.5. The van der Waals surface area contributed by atoms with Crippen LogP contribution in [-0.4, -0.2) is 27.6 Å². The van der Waals surface area contributed by atoms with Gasteiger partial charge in [0, 0.05) is 5.56 Å². The van der Waals surface area contributed by atoms with Crippen LogP contribution < -0.4 is 14.2 Å². The van der Waals surface area contributed by atoms with Gasteiger partial charge in [-0.25, -0.2) is 0 Å². The standard InChI is InChI=1S/C18H16O4/c1-20-13-4-5-14-11(7-13)6-12(10-19)15-8-17(21-2)18(22-3)9-16(14)15/h4-10H,1-3H3. The van der Waals surface area contributed by atoms with Gasteiger partial charge in [-0.1, -0.05) is 6.07 Å². The molecule has 0 aromatic heterocycles. The van der Waals surface area contributed by atoms with E-state index in [2.05, 4.69) is 0 Å². The van der Waals surface area contributed by atoms with Gasteiger partial charge in [0.15, 0.2) is 17.8 Å². The molecule has 0 unspecified atom stereocenters. The van der Waals surface area contributed by atoms with E-state index in [0.29, 0.717) is 17.1 Å². The summed E-state index contributed by atoms with van der Waals surface area (Å²) in [5, 5.41) is 3.76. The van der Waals surface area contributed by atoms with Gasteiger partial charge in [-0.3, -0.25) is 4.79 Å². The average Bonchev–Trinajstić information content (AvgIpc) is 2.58. The number of methoxy groups -OCH3 is 3. The van der Waals surface area contributed by atoms with Crippen molar-refractivity contribution in [3.63, 3.8) is 0 Å². The van der Waals surface area contributed by atoms with E-state index in [1.165, 1.54) is 0 Å². The van der Waals surface area contributed by atoms with Gasteiger partial charge in [-0.15, -0.1) is 0 Å². The van der Waals surface area contributed by atoms with Gasteiger partial charge in [0.05, 0.1) is 21.3 Å². The zero-order valence-corrected chi connectivity index (χ0v) is 12.7. The molecule has 0 saturated heterocycles. The van der Waals surface area contributed by atoms with Crippen molar-refractivity contribution in [1.29, 1.82) is 0 Å². The summed E-state index contributed by atoms with van der Waals surface area (Å²) in [7, 11) is 4.80. The van der Waals surface area contributed by atoms with Crippen LogP contribution in [0.5, 0.6) is 17.2 Å². The minimum atomic E-state index is 0.603. The quantitative estimate of drug-likeness (QED) is 0.542. The predicted molar refractivity (Wildman–Crippen MR) is 86.5 cm³/mol. The average molecular weight is 296 g/mol. The van der Waals surface area contributed by atoms with Crippen LogP contribution in [0.25, 0.3) is 21.5 Å². The molecule has 4 nitrogen and oxygen atoms in total. The Labute approximate surface area is 128 Å². The van der Waals surface area contributed by atoms with Crippen LogP contribution in [-0.2, 0) is 0 Å². The van der Waals surface area contributed by atoms with Crippen molar-refractivity contribution in [3.8, 4) is 17.2 Å². The van der Waals surface area contributed by atoms with Crippen molar-refractivity contribution in [2.24, 2.45) is 0 Å². The highest BCUT2D eigenvalue weighted by Crippen LogP contribution is 2.38. The van der Waals surface area contributed by atoms with E-state index in [-0.39, 0.29) is 0 Å². The van der Waals surface area contributed by atoms with E-state index in [1.54, 1.807) is 21.3 Å². The van der Waals surface area contributed by atoms with Gasteiger partial charge in [-0.2, -0.15) is 0 Å². The topological polar surface area (TPSA) is 44.8 Å². The lowest BCUT2D eigenvalue weighted by Crippen LogP contribution is -1.93. The van der Waals surface area contributed by atoms with E-state index in [0.717, 1.165) is 33.6 Å². The van der Waals surface area contributed by atoms with Crippen LogP contribution in [0.1, 0.15) is 10.4 Å².